The van der Waals surface area contributed by atoms with Crippen LogP contribution in [0.5, 0.6) is 11.5 Å². The number of pyridine rings is 1. The van der Waals surface area contributed by atoms with Gasteiger partial charge in [0, 0.05) is 23.2 Å². The highest BCUT2D eigenvalue weighted by Crippen LogP contribution is 2.29. The minimum Gasteiger partial charge on any atom is -0.454 e. The Bertz CT molecular complexity index is 758. The Morgan fingerprint density at radius 3 is 2.85 bits per heavy atom. The highest BCUT2D eigenvalue weighted by Gasteiger charge is 2.10. The van der Waals surface area contributed by atoms with Crippen LogP contribution >= 0.6 is 0 Å². The minimum atomic E-state index is -0.502. The molecular formula is C16H12FNO2. The number of aromatic nitrogens is 1. The fourth-order valence-electron chi connectivity index (χ4n) is 2.02. The van der Waals surface area contributed by atoms with Crippen LogP contribution in [-0.2, 0) is 6.61 Å². The summed E-state index contributed by atoms with van der Waals surface area (Å²) in [7, 11) is 0. The molecule has 0 aliphatic rings. The van der Waals surface area contributed by atoms with Crippen LogP contribution in [-0.4, -0.2) is 10.1 Å². The molecule has 0 fully saturated rings. The van der Waals surface area contributed by atoms with E-state index in [4.69, 9.17) is 4.74 Å². The summed E-state index contributed by atoms with van der Waals surface area (Å²) in [5.74, 6) is 0.0268. The van der Waals surface area contributed by atoms with Crippen molar-refractivity contribution in [3.8, 4) is 11.5 Å². The van der Waals surface area contributed by atoms with Crippen molar-refractivity contribution in [1.82, 2.24) is 4.98 Å². The largest absolute Gasteiger partial charge is 0.454 e. The molecule has 3 nitrogen and oxygen atoms in total. The van der Waals surface area contributed by atoms with E-state index in [-0.39, 0.29) is 12.4 Å². The molecular weight excluding hydrogens is 257 g/mol. The Balaban J connectivity index is 2.01. The van der Waals surface area contributed by atoms with Gasteiger partial charge in [-0.1, -0.05) is 18.2 Å². The van der Waals surface area contributed by atoms with Crippen LogP contribution in [0.25, 0.3) is 10.9 Å². The van der Waals surface area contributed by atoms with Crippen molar-refractivity contribution in [3.05, 3.63) is 66.1 Å². The van der Waals surface area contributed by atoms with Gasteiger partial charge in [0.2, 0.25) is 0 Å². The zero-order valence-electron chi connectivity index (χ0n) is 10.6. The first-order valence-electron chi connectivity index (χ1n) is 6.19. The second-order valence-electron chi connectivity index (χ2n) is 4.35. The molecule has 0 aliphatic carbocycles. The van der Waals surface area contributed by atoms with Gasteiger partial charge in [-0.2, -0.15) is 0 Å². The summed E-state index contributed by atoms with van der Waals surface area (Å²) in [6.45, 7) is -0.279. The van der Waals surface area contributed by atoms with Crippen molar-refractivity contribution in [2.75, 3.05) is 0 Å². The van der Waals surface area contributed by atoms with Gasteiger partial charge in [0.1, 0.15) is 5.75 Å². The number of fused-ring (bicyclic) bond motifs is 1. The molecule has 1 heterocycles. The van der Waals surface area contributed by atoms with Crippen LogP contribution in [0, 0.1) is 5.82 Å². The molecule has 0 spiro atoms. The lowest BCUT2D eigenvalue weighted by Crippen LogP contribution is -1.95. The van der Waals surface area contributed by atoms with Crippen molar-refractivity contribution >= 4 is 10.9 Å². The number of halogens is 1. The summed E-state index contributed by atoms with van der Waals surface area (Å²) < 4.78 is 19.3. The molecule has 0 aliphatic heterocycles. The molecule has 1 N–H and O–H groups in total. The summed E-state index contributed by atoms with van der Waals surface area (Å²) in [5.41, 5.74) is 1.18. The van der Waals surface area contributed by atoms with Crippen molar-refractivity contribution in [1.29, 1.82) is 0 Å². The Morgan fingerprint density at radius 2 is 2.00 bits per heavy atom. The fraction of sp³-hybridized carbons (Fsp3) is 0.0625. The van der Waals surface area contributed by atoms with E-state index in [1.165, 1.54) is 12.1 Å². The number of hydrogen-bond donors (Lipinski definition) is 1. The molecule has 3 rings (SSSR count). The Hall–Kier alpha value is -2.46. The number of para-hydroxylation sites is 1. The second-order valence-corrected chi connectivity index (χ2v) is 4.35. The maximum atomic E-state index is 13.8. The van der Waals surface area contributed by atoms with Crippen LogP contribution in [0.15, 0.2) is 54.7 Å². The molecule has 4 heteroatoms. The molecule has 0 saturated heterocycles. The van der Waals surface area contributed by atoms with Gasteiger partial charge in [-0.3, -0.25) is 4.98 Å². The number of ether oxygens (including phenoxy) is 1. The second kappa shape index (κ2) is 5.27. The molecule has 0 atom stereocenters. The van der Waals surface area contributed by atoms with Gasteiger partial charge < -0.3 is 9.84 Å². The lowest BCUT2D eigenvalue weighted by atomic mass is 10.2. The predicted molar refractivity (Wildman–Crippen MR) is 74.1 cm³/mol. The summed E-state index contributed by atoms with van der Waals surface area (Å²) in [6.07, 6.45) is 1.69. The molecule has 0 amide bonds. The molecule has 3 aromatic rings. The molecule has 100 valence electrons. The quantitative estimate of drug-likeness (QED) is 0.789. The Kier molecular flexibility index (Phi) is 3.31. The predicted octanol–water partition coefficient (Wildman–Crippen LogP) is 3.66. The SMILES string of the molecule is OCc1cccc(F)c1Oc1ccc2cccnc2c1. The molecule has 0 saturated carbocycles. The van der Waals surface area contributed by atoms with Crippen LogP contribution in [0.4, 0.5) is 4.39 Å². The number of benzene rings is 2. The topological polar surface area (TPSA) is 42.4 Å². The van der Waals surface area contributed by atoms with E-state index in [2.05, 4.69) is 4.98 Å². The van der Waals surface area contributed by atoms with E-state index in [1.54, 1.807) is 24.4 Å². The van der Waals surface area contributed by atoms with E-state index < -0.39 is 5.82 Å². The number of rotatable bonds is 3. The van der Waals surface area contributed by atoms with E-state index in [0.717, 1.165) is 10.9 Å². The van der Waals surface area contributed by atoms with Crippen molar-refractivity contribution in [3.63, 3.8) is 0 Å². The van der Waals surface area contributed by atoms with Crippen molar-refractivity contribution in [2.24, 2.45) is 0 Å². The van der Waals surface area contributed by atoms with Crippen molar-refractivity contribution in [2.45, 2.75) is 6.61 Å². The van der Waals surface area contributed by atoms with E-state index in [9.17, 15) is 9.50 Å². The average molecular weight is 269 g/mol. The third kappa shape index (κ3) is 2.33. The molecule has 0 unspecified atom stereocenters. The smallest absolute Gasteiger partial charge is 0.168 e. The van der Waals surface area contributed by atoms with Crippen LogP contribution in [0.3, 0.4) is 0 Å². The highest BCUT2D eigenvalue weighted by atomic mass is 19.1. The summed E-state index contributed by atoms with van der Waals surface area (Å²) in [6, 6.07) is 13.6. The lowest BCUT2D eigenvalue weighted by molar-refractivity contribution is 0.274. The Morgan fingerprint density at radius 1 is 1.10 bits per heavy atom. The molecule has 0 bridgehead atoms. The minimum absolute atomic E-state index is 0.0466. The monoisotopic (exact) mass is 269 g/mol. The zero-order valence-corrected chi connectivity index (χ0v) is 10.6. The zero-order chi connectivity index (χ0) is 13.9. The van der Waals surface area contributed by atoms with Gasteiger partial charge in [-0.15, -0.1) is 0 Å². The van der Waals surface area contributed by atoms with Gasteiger partial charge in [-0.05, 0) is 24.3 Å². The third-order valence-corrected chi connectivity index (χ3v) is 3.02. The Labute approximate surface area is 115 Å². The van der Waals surface area contributed by atoms with E-state index in [0.29, 0.717) is 11.3 Å². The van der Waals surface area contributed by atoms with Crippen LogP contribution in [0.2, 0.25) is 0 Å². The van der Waals surface area contributed by atoms with E-state index in [1.807, 2.05) is 18.2 Å². The summed E-state index contributed by atoms with van der Waals surface area (Å²) in [5, 5.41) is 10.2. The average Bonchev–Trinajstić information content (AvgIpc) is 2.49. The molecule has 20 heavy (non-hydrogen) atoms. The van der Waals surface area contributed by atoms with Gasteiger partial charge in [0.25, 0.3) is 0 Å². The third-order valence-electron chi connectivity index (χ3n) is 3.02. The summed E-state index contributed by atoms with van der Waals surface area (Å²) in [4.78, 5) is 4.23. The maximum Gasteiger partial charge on any atom is 0.168 e. The number of aliphatic hydroxyl groups excluding tert-OH is 1. The van der Waals surface area contributed by atoms with Crippen molar-refractivity contribution < 1.29 is 14.2 Å². The van der Waals surface area contributed by atoms with Gasteiger partial charge in [-0.25, -0.2) is 4.39 Å². The molecule has 2 aromatic carbocycles. The first-order chi connectivity index (χ1) is 9.78. The number of hydrogen-bond acceptors (Lipinski definition) is 3. The first-order valence-corrected chi connectivity index (χ1v) is 6.19. The number of aliphatic hydroxyl groups is 1. The number of nitrogens with zero attached hydrogens (tertiary/aromatic N) is 1. The normalized spacial score (nSPS) is 10.7. The van der Waals surface area contributed by atoms with E-state index >= 15 is 0 Å². The van der Waals surface area contributed by atoms with Crippen LogP contribution in [0.1, 0.15) is 5.56 Å². The first kappa shape index (κ1) is 12.6. The van der Waals surface area contributed by atoms with Gasteiger partial charge >= 0.3 is 0 Å². The maximum absolute atomic E-state index is 13.8. The molecule has 0 radical (unpaired) electrons. The standard InChI is InChI=1S/C16H12FNO2/c17-14-5-1-3-12(10-19)16(14)20-13-7-6-11-4-2-8-18-15(11)9-13/h1-9,19H,10H2. The molecule has 1 aromatic heterocycles. The lowest BCUT2D eigenvalue weighted by Gasteiger charge is -2.11. The van der Waals surface area contributed by atoms with Crippen LogP contribution < -0.4 is 4.74 Å². The fourth-order valence-corrected chi connectivity index (χ4v) is 2.02. The van der Waals surface area contributed by atoms with Gasteiger partial charge in [0.15, 0.2) is 11.6 Å². The van der Waals surface area contributed by atoms with Gasteiger partial charge in [0.05, 0.1) is 12.1 Å². The highest BCUT2D eigenvalue weighted by molar-refractivity contribution is 5.79. The summed E-state index contributed by atoms with van der Waals surface area (Å²) >= 11 is 0.